The number of carbonyl (C=O) groups is 2. The Morgan fingerprint density at radius 2 is 1.83 bits per heavy atom. The number of carbonyl (C=O) groups excluding carboxylic acids is 2. The van der Waals surface area contributed by atoms with Crippen LogP contribution in [0.15, 0.2) is 41.5 Å². The van der Waals surface area contributed by atoms with E-state index in [1.807, 2.05) is 0 Å². The van der Waals surface area contributed by atoms with Crippen LogP contribution in [0.3, 0.4) is 0 Å². The first-order chi connectivity index (χ1) is 16.7. The summed E-state index contributed by atoms with van der Waals surface area (Å²) in [5.74, 6) is -1.29. The normalized spacial score (nSPS) is 14.7. The lowest BCUT2D eigenvalue weighted by Gasteiger charge is -2.29. The summed E-state index contributed by atoms with van der Waals surface area (Å²) >= 11 is 12.0. The van der Waals surface area contributed by atoms with Gasteiger partial charge in [-0.25, -0.2) is 5.43 Å². The Hall–Kier alpha value is -3.17. The number of hydrogen-bond acceptors (Lipinski definition) is 6. The van der Waals surface area contributed by atoms with Crippen molar-refractivity contribution in [2.75, 3.05) is 18.0 Å². The summed E-state index contributed by atoms with van der Waals surface area (Å²) in [6, 6.07) is 8.19. The van der Waals surface area contributed by atoms with Crippen LogP contribution in [0.2, 0.25) is 10.0 Å². The van der Waals surface area contributed by atoms with Crippen molar-refractivity contribution < 1.29 is 14.5 Å². The van der Waals surface area contributed by atoms with Crippen LogP contribution in [0.4, 0.5) is 11.4 Å². The molecule has 1 heterocycles. The molecule has 1 atom stereocenters. The van der Waals surface area contributed by atoms with Crippen molar-refractivity contribution in [1.82, 2.24) is 10.7 Å². The third-order valence-electron chi connectivity index (χ3n) is 5.71. The first-order valence-corrected chi connectivity index (χ1v) is 12.0. The molecule has 2 aromatic carbocycles. The fraction of sp³-hybridized carbons (Fsp3) is 0.375. The molecule has 3 rings (SSSR count). The zero-order valence-electron chi connectivity index (χ0n) is 19.5. The monoisotopic (exact) mass is 519 g/mol. The molecule has 1 aliphatic rings. The Balaban J connectivity index is 1.75. The topological polar surface area (TPSA) is 117 Å². The minimum Gasteiger partial charge on any atom is -0.371 e. The van der Waals surface area contributed by atoms with Gasteiger partial charge in [-0.2, -0.15) is 5.10 Å². The van der Waals surface area contributed by atoms with E-state index in [0.717, 1.165) is 38.0 Å². The van der Waals surface area contributed by atoms with Crippen molar-refractivity contribution in [3.8, 4) is 0 Å². The number of halogens is 2. The number of nitrogens with one attached hydrogen (secondary N) is 2. The van der Waals surface area contributed by atoms with Gasteiger partial charge in [0, 0.05) is 41.5 Å². The van der Waals surface area contributed by atoms with Crippen molar-refractivity contribution in [3.63, 3.8) is 0 Å². The van der Waals surface area contributed by atoms with Crippen molar-refractivity contribution in [1.29, 1.82) is 0 Å². The number of non-ortho nitro benzene ring substituents is 1. The van der Waals surface area contributed by atoms with E-state index >= 15 is 0 Å². The second kappa shape index (κ2) is 12.0. The number of benzene rings is 2. The quantitative estimate of drug-likeness (QED) is 0.295. The summed E-state index contributed by atoms with van der Waals surface area (Å²) in [6.45, 7) is 5.26. The molecule has 1 fully saturated rings. The molecule has 0 radical (unpaired) electrons. The first-order valence-electron chi connectivity index (χ1n) is 11.3. The van der Waals surface area contributed by atoms with E-state index < -0.39 is 22.8 Å². The third kappa shape index (κ3) is 6.93. The van der Waals surface area contributed by atoms with Crippen molar-refractivity contribution >= 4 is 52.6 Å². The average Bonchev–Trinajstić information content (AvgIpc) is 2.82. The zero-order chi connectivity index (χ0) is 25.5. The van der Waals surface area contributed by atoms with Crippen LogP contribution in [-0.2, 0) is 4.79 Å². The van der Waals surface area contributed by atoms with Crippen LogP contribution in [0.5, 0.6) is 0 Å². The molecule has 2 aromatic rings. The molecule has 1 aliphatic heterocycles. The highest BCUT2D eigenvalue weighted by Crippen LogP contribution is 2.27. The van der Waals surface area contributed by atoms with Crippen molar-refractivity contribution in [2.45, 2.75) is 39.2 Å². The molecule has 11 heteroatoms. The summed E-state index contributed by atoms with van der Waals surface area (Å²) in [5.41, 5.74) is 3.92. The largest absolute Gasteiger partial charge is 0.371 e. The number of anilines is 1. The van der Waals surface area contributed by atoms with Crippen LogP contribution < -0.4 is 15.6 Å². The smallest absolute Gasteiger partial charge is 0.270 e. The van der Waals surface area contributed by atoms with Gasteiger partial charge < -0.3 is 10.2 Å². The zero-order valence-corrected chi connectivity index (χ0v) is 21.0. The minimum absolute atomic E-state index is 0.0642. The van der Waals surface area contributed by atoms with Gasteiger partial charge in [0.2, 0.25) is 0 Å². The first kappa shape index (κ1) is 26.4. The van der Waals surface area contributed by atoms with E-state index in [1.54, 1.807) is 19.9 Å². The summed E-state index contributed by atoms with van der Waals surface area (Å²) in [6.07, 6.45) is 4.62. The molecular weight excluding hydrogens is 493 g/mol. The average molecular weight is 520 g/mol. The van der Waals surface area contributed by atoms with E-state index in [-0.39, 0.29) is 22.2 Å². The van der Waals surface area contributed by atoms with Crippen LogP contribution in [0.1, 0.15) is 49.0 Å². The maximum atomic E-state index is 12.8. The number of hydrazone groups is 1. The Labute approximate surface area is 213 Å². The van der Waals surface area contributed by atoms with Gasteiger partial charge in [-0.05, 0) is 49.4 Å². The fourth-order valence-corrected chi connectivity index (χ4v) is 4.34. The Morgan fingerprint density at radius 3 is 2.46 bits per heavy atom. The predicted octanol–water partition coefficient (Wildman–Crippen LogP) is 4.80. The van der Waals surface area contributed by atoms with Crippen LogP contribution in [0, 0.1) is 16.0 Å². The predicted molar refractivity (Wildman–Crippen MR) is 137 cm³/mol. The number of amides is 2. The highest BCUT2D eigenvalue weighted by Gasteiger charge is 2.25. The number of rotatable bonds is 8. The number of hydrogen-bond donors (Lipinski definition) is 2. The Bertz CT molecular complexity index is 1130. The second-order valence-electron chi connectivity index (χ2n) is 8.60. The molecule has 0 bridgehead atoms. The van der Waals surface area contributed by atoms with E-state index in [4.69, 9.17) is 23.2 Å². The van der Waals surface area contributed by atoms with Gasteiger partial charge in [0.15, 0.2) is 0 Å². The molecule has 1 unspecified atom stereocenters. The standard InChI is InChI=1S/C24H27Cl2N5O4/c1-15(2)22(28-23(32)19-8-6-17(25)13-20(19)26)24(33)29-27-14-16-12-18(31(34)35)7-9-21(16)30-10-4-3-5-11-30/h6-9,12-15,22H,3-5,10-11H2,1-2H3,(H,28,32)(H,29,33)/b27-14+. The van der Waals surface area contributed by atoms with Gasteiger partial charge in [-0.1, -0.05) is 37.0 Å². The molecular formula is C24H27Cl2N5O4. The lowest BCUT2D eigenvalue weighted by molar-refractivity contribution is -0.384. The number of piperidine rings is 1. The molecule has 0 aliphatic carbocycles. The van der Waals surface area contributed by atoms with Crippen LogP contribution in [-0.4, -0.2) is 42.1 Å². The molecule has 2 amide bonds. The van der Waals surface area contributed by atoms with Crippen molar-refractivity contribution in [3.05, 3.63) is 67.7 Å². The summed E-state index contributed by atoms with van der Waals surface area (Å²) in [7, 11) is 0. The van der Waals surface area contributed by atoms with E-state index in [9.17, 15) is 19.7 Å². The highest BCUT2D eigenvalue weighted by molar-refractivity contribution is 6.36. The maximum Gasteiger partial charge on any atom is 0.270 e. The molecule has 0 spiro atoms. The Morgan fingerprint density at radius 1 is 1.11 bits per heavy atom. The fourth-order valence-electron chi connectivity index (χ4n) is 3.84. The Kier molecular flexibility index (Phi) is 9.06. The number of nitro benzene ring substituents is 1. The lowest BCUT2D eigenvalue weighted by Crippen LogP contribution is -2.48. The maximum absolute atomic E-state index is 12.8. The molecule has 2 N–H and O–H groups in total. The van der Waals surface area contributed by atoms with Gasteiger partial charge in [0.1, 0.15) is 6.04 Å². The van der Waals surface area contributed by atoms with Gasteiger partial charge in [-0.3, -0.25) is 19.7 Å². The van der Waals surface area contributed by atoms with Gasteiger partial charge in [0.05, 0.1) is 21.7 Å². The highest BCUT2D eigenvalue weighted by atomic mass is 35.5. The molecule has 186 valence electrons. The lowest BCUT2D eigenvalue weighted by atomic mass is 10.0. The molecule has 9 nitrogen and oxygen atoms in total. The summed E-state index contributed by atoms with van der Waals surface area (Å²) in [5, 5.41) is 18.6. The molecule has 35 heavy (non-hydrogen) atoms. The molecule has 0 aromatic heterocycles. The third-order valence-corrected chi connectivity index (χ3v) is 6.26. The SMILES string of the molecule is CC(C)C(NC(=O)c1ccc(Cl)cc1Cl)C(=O)N/N=C/c1cc([N+](=O)[O-])ccc1N1CCCCC1. The van der Waals surface area contributed by atoms with Gasteiger partial charge in [0.25, 0.3) is 17.5 Å². The molecule has 1 saturated heterocycles. The van der Waals surface area contributed by atoms with Crippen LogP contribution >= 0.6 is 23.2 Å². The summed E-state index contributed by atoms with van der Waals surface area (Å²) in [4.78, 5) is 38.5. The van der Waals surface area contributed by atoms with Crippen LogP contribution in [0.25, 0.3) is 0 Å². The minimum atomic E-state index is -0.891. The second-order valence-corrected chi connectivity index (χ2v) is 9.45. The summed E-state index contributed by atoms with van der Waals surface area (Å²) < 4.78 is 0. The van der Waals surface area contributed by atoms with Gasteiger partial charge >= 0.3 is 0 Å². The number of nitro groups is 1. The number of nitrogens with zero attached hydrogens (tertiary/aromatic N) is 3. The van der Waals surface area contributed by atoms with E-state index in [1.165, 1.54) is 36.5 Å². The van der Waals surface area contributed by atoms with Gasteiger partial charge in [-0.15, -0.1) is 0 Å². The molecule has 0 saturated carbocycles. The van der Waals surface area contributed by atoms with Crippen molar-refractivity contribution in [2.24, 2.45) is 11.0 Å². The van der Waals surface area contributed by atoms with E-state index in [2.05, 4.69) is 20.7 Å². The van der Waals surface area contributed by atoms with E-state index in [0.29, 0.717) is 10.6 Å².